The Balaban J connectivity index is 0.00000220. The molecule has 3 unspecified atom stereocenters. The zero-order valence-corrected chi connectivity index (χ0v) is 14.3. The van der Waals surface area contributed by atoms with Crippen LogP contribution in [0.2, 0.25) is 0 Å². The molecule has 1 aromatic carbocycles. The molecule has 0 radical (unpaired) electrons. The Hall–Kier alpha value is -0.710. The van der Waals surface area contributed by atoms with Crippen molar-refractivity contribution in [3.63, 3.8) is 0 Å². The lowest BCUT2D eigenvalue weighted by Crippen LogP contribution is -2.43. The molecular weight excluding hydrogens is 304 g/mol. The first kappa shape index (κ1) is 18.3. The van der Waals surface area contributed by atoms with Crippen molar-refractivity contribution in [2.45, 2.75) is 50.4 Å². The van der Waals surface area contributed by atoms with Crippen molar-refractivity contribution in [3.8, 4) is 0 Å². The highest BCUT2D eigenvalue weighted by Crippen LogP contribution is 2.30. The Morgan fingerprint density at radius 1 is 1.38 bits per heavy atom. The predicted octanol–water partition coefficient (Wildman–Crippen LogP) is 3.21. The lowest BCUT2D eigenvalue weighted by Gasteiger charge is -2.22. The summed E-state index contributed by atoms with van der Waals surface area (Å²) in [5, 5.41) is 3.69. The second-order valence-electron chi connectivity index (χ2n) is 5.43. The summed E-state index contributed by atoms with van der Waals surface area (Å²) in [7, 11) is 0. The van der Waals surface area contributed by atoms with Gasteiger partial charge in [0.05, 0.1) is 0 Å². The first-order valence-electron chi connectivity index (χ1n) is 7.36. The number of rotatable bonds is 5. The molecule has 0 saturated heterocycles. The average Bonchev–Trinajstić information content (AvgIpc) is 2.86. The Bertz CT molecular complexity index is 452. The molecule has 21 heavy (non-hydrogen) atoms. The van der Waals surface area contributed by atoms with Crippen molar-refractivity contribution >= 4 is 30.1 Å². The van der Waals surface area contributed by atoms with E-state index in [0.717, 1.165) is 17.7 Å². The van der Waals surface area contributed by atoms with Gasteiger partial charge in [0.1, 0.15) is 6.04 Å². The predicted molar refractivity (Wildman–Crippen MR) is 93.1 cm³/mol. The maximum absolute atomic E-state index is 12.3. The van der Waals surface area contributed by atoms with E-state index in [9.17, 15) is 4.79 Å². The highest BCUT2D eigenvalue weighted by Gasteiger charge is 2.29. The van der Waals surface area contributed by atoms with Gasteiger partial charge in [-0.2, -0.15) is 11.8 Å². The van der Waals surface area contributed by atoms with Crippen LogP contribution in [0.3, 0.4) is 0 Å². The van der Waals surface area contributed by atoms with Gasteiger partial charge in [-0.1, -0.05) is 43.2 Å². The van der Waals surface area contributed by atoms with Crippen LogP contribution in [0.4, 0.5) is 0 Å². The number of nitrogens with two attached hydrogens (primary N) is 1. The van der Waals surface area contributed by atoms with Crippen molar-refractivity contribution < 1.29 is 4.79 Å². The van der Waals surface area contributed by atoms with Crippen molar-refractivity contribution in [1.82, 2.24) is 5.32 Å². The van der Waals surface area contributed by atoms with E-state index >= 15 is 0 Å². The number of thioether (sulfide) groups is 1. The third kappa shape index (κ3) is 4.90. The van der Waals surface area contributed by atoms with Crippen LogP contribution in [-0.4, -0.2) is 23.0 Å². The molecule has 118 valence electrons. The summed E-state index contributed by atoms with van der Waals surface area (Å²) in [6, 6.07) is 7.58. The molecule has 0 aliphatic heterocycles. The third-order valence-corrected chi connectivity index (χ3v) is 5.21. The van der Waals surface area contributed by atoms with Gasteiger partial charge in [-0.05, 0) is 31.1 Å². The molecule has 1 aliphatic rings. The number of amides is 1. The summed E-state index contributed by atoms with van der Waals surface area (Å²) in [4.78, 5) is 12.3. The zero-order chi connectivity index (χ0) is 14.5. The van der Waals surface area contributed by atoms with Crippen molar-refractivity contribution in [1.29, 1.82) is 0 Å². The first-order valence-corrected chi connectivity index (χ1v) is 8.40. The number of hydrogen-bond acceptors (Lipinski definition) is 3. The van der Waals surface area contributed by atoms with E-state index in [1.807, 2.05) is 43.0 Å². The molecule has 5 heteroatoms. The largest absolute Gasteiger partial charge is 0.351 e. The van der Waals surface area contributed by atoms with Crippen LogP contribution in [-0.2, 0) is 4.79 Å². The minimum absolute atomic E-state index is 0. The first-order chi connectivity index (χ1) is 9.61. The monoisotopic (exact) mass is 328 g/mol. The van der Waals surface area contributed by atoms with E-state index in [-0.39, 0.29) is 24.4 Å². The average molecular weight is 329 g/mol. The van der Waals surface area contributed by atoms with Gasteiger partial charge in [-0.25, -0.2) is 0 Å². The summed E-state index contributed by atoms with van der Waals surface area (Å²) in [5.74, 6) is 1.04. The van der Waals surface area contributed by atoms with E-state index in [2.05, 4.69) is 12.2 Å². The van der Waals surface area contributed by atoms with E-state index in [4.69, 9.17) is 5.73 Å². The Kier molecular flexibility index (Phi) is 7.57. The lowest BCUT2D eigenvalue weighted by atomic mass is 10.0. The van der Waals surface area contributed by atoms with Crippen LogP contribution in [0.25, 0.3) is 0 Å². The second-order valence-corrected chi connectivity index (χ2v) is 6.94. The molecule has 1 saturated carbocycles. The van der Waals surface area contributed by atoms with Crippen molar-refractivity contribution in [3.05, 3.63) is 35.4 Å². The number of halogens is 1. The Morgan fingerprint density at radius 3 is 2.67 bits per heavy atom. The van der Waals surface area contributed by atoms with Gasteiger partial charge < -0.3 is 11.1 Å². The molecule has 1 aliphatic carbocycles. The number of carbonyl (C=O) groups excluding carboxylic acids is 1. The lowest BCUT2D eigenvalue weighted by molar-refractivity contribution is -0.123. The normalized spacial score (nSPS) is 22.4. The number of benzene rings is 1. The van der Waals surface area contributed by atoms with Crippen LogP contribution in [0.1, 0.15) is 43.4 Å². The van der Waals surface area contributed by atoms with Gasteiger partial charge in [-0.3, -0.25) is 4.79 Å². The Morgan fingerprint density at radius 2 is 2.05 bits per heavy atom. The minimum atomic E-state index is -0.566. The van der Waals surface area contributed by atoms with Crippen molar-refractivity contribution in [2.24, 2.45) is 5.73 Å². The van der Waals surface area contributed by atoms with Gasteiger partial charge >= 0.3 is 0 Å². The second kappa shape index (κ2) is 8.66. The van der Waals surface area contributed by atoms with Gasteiger partial charge in [-0.15, -0.1) is 12.4 Å². The van der Waals surface area contributed by atoms with E-state index in [1.165, 1.54) is 18.4 Å². The Labute approximate surface area is 137 Å². The smallest absolute Gasteiger partial charge is 0.241 e. The molecule has 3 atom stereocenters. The quantitative estimate of drug-likeness (QED) is 0.872. The maximum Gasteiger partial charge on any atom is 0.241 e. The van der Waals surface area contributed by atoms with Gasteiger partial charge in [0.25, 0.3) is 0 Å². The summed E-state index contributed by atoms with van der Waals surface area (Å²) in [6.45, 7) is 4.19. The zero-order valence-electron chi connectivity index (χ0n) is 12.7. The highest BCUT2D eigenvalue weighted by molar-refractivity contribution is 7.99. The molecule has 2 rings (SSSR count). The summed E-state index contributed by atoms with van der Waals surface area (Å²) in [5.41, 5.74) is 8.12. The van der Waals surface area contributed by atoms with E-state index in [0.29, 0.717) is 5.25 Å². The van der Waals surface area contributed by atoms with Crippen LogP contribution in [0.15, 0.2) is 24.3 Å². The molecule has 1 amide bonds. The van der Waals surface area contributed by atoms with E-state index in [1.54, 1.807) is 0 Å². The topological polar surface area (TPSA) is 55.1 Å². The van der Waals surface area contributed by atoms with E-state index < -0.39 is 6.04 Å². The molecular formula is C16H25ClN2OS. The fourth-order valence-corrected chi connectivity index (χ4v) is 3.90. The minimum Gasteiger partial charge on any atom is -0.351 e. The summed E-state index contributed by atoms with van der Waals surface area (Å²) < 4.78 is 0. The maximum atomic E-state index is 12.3. The molecule has 3 nitrogen and oxygen atoms in total. The molecule has 0 bridgehead atoms. The molecule has 0 spiro atoms. The fourth-order valence-electron chi connectivity index (χ4n) is 2.70. The van der Waals surface area contributed by atoms with Crippen molar-refractivity contribution in [2.75, 3.05) is 5.75 Å². The number of nitrogens with one attached hydrogen (secondary N) is 1. The third-order valence-electron chi connectivity index (χ3n) is 3.88. The summed E-state index contributed by atoms with van der Waals surface area (Å²) >= 11 is 1.94. The molecule has 1 fully saturated rings. The standard InChI is InChI=1S/C16H24N2OS.ClH/c1-3-20-14-6-4-5-13(14)18-16(19)15(17)12-9-7-11(2)8-10-12;/h7-10,13-15H,3-6,17H2,1-2H3,(H,18,19);1H. The summed E-state index contributed by atoms with van der Waals surface area (Å²) in [6.07, 6.45) is 3.47. The van der Waals surface area contributed by atoms with Gasteiger partial charge in [0.2, 0.25) is 5.91 Å². The SMILES string of the molecule is CCSC1CCCC1NC(=O)C(N)c1ccc(C)cc1.Cl. The molecule has 0 heterocycles. The van der Waals surface area contributed by atoms with Crippen LogP contribution in [0.5, 0.6) is 0 Å². The fraction of sp³-hybridized carbons (Fsp3) is 0.562. The number of aryl methyl sites for hydroxylation is 1. The highest BCUT2D eigenvalue weighted by atomic mass is 35.5. The van der Waals surface area contributed by atoms with Gasteiger partial charge in [0.15, 0.2) is 0 Å². The van der Waals surface area contributed by atoms with Crippen LogP contribution < -0.4 is 11.1 Å². The molecule has 0 aromatic heterocycles. The number of carbonyl (C=O) groups is 1. The molecule has 3 N–H and O–H groups in total. The van der Waals surface area contributed by atoms with Crippen LogP contribution >= 0.6 is 24.2 Å². The number of hydrogen-bond donors (Lipinski definition) is 2. The van der Waals surface area contributed by atoms with Crippen LogP contribution in [0, 0.1) is 6.92 Å². The molecule has 1 aromatic rings. The van der Waals surface area contributed by atoms with Gasteiger partial charge in [0, 0.05) is 11.3 Å².